The third kappa shape index (κ3) is 3.77. The van der Waals surface area contributed by atoms with Gasteiger partial charge in [0.1, 0.15) is 11.6 Å². The fraction of sp³-hybridized carbons (Fsp3) is 0.556. The van der Waals surface area contributed by atoms with Crippen LogP contribution in [-0.4, -0.2) is 47.3 Å². The van der Waals surface area contributed by atoms with E-state index in [9.17, 15) is 0 Å². The standard InChI is InChI=1S/C18H23N3O2S/c1-2-6-19-16(3-1)22-13-15-11-18(14-23-15)4-8-21(9-5-18)12-17-20-7-10-24-17/h1-3,6-7,10,15H,4-5,8-9,11-14H2/t15-/m0/s1. The zero-order valence-electron chi connectivity index (χ0n) is 13.8. The van der Waals surface area contributed by atoms with Crippen LogP contribution < -0.4 is 4.74 Å². The summed E-state index contributed by atoms with van der Waals surface area (Å²) in [4.78, 5) is 11.1. The maximum atomic E-state index is 6.03. The molecule has 0 radical (unpaired) electrons. The fourth-order valence-corrected chi connectivity index (χ4v) is 4.33. The number of likely N-dealkylation sites (tertiary alicyclic amines) is 1. The lowest BCUT2D eigenvalue weighted by molar-refractivity contribution is 0.0462. The largest absolute Gasteiger partial charge is 0.475 e. The number of ether oxygens (including phenoxy) is 2. The van der Waals surface area contributed by atoms with Crippen LogP contribution in [0, 0.1) is 5.41 Å². The second-order valence-electron chi connectivity index (χ2n) is 6.82. The van der Waals surface area contributed by atoms with Crippen molar-refractivity contribution in [2.75, 3.05) is 26.3 Å². The first kappa shape index (κ1) is 16.0. The molecule has 1 atom stereocenters. The van der Waals surface area contributed by atoms with Gasteiger partial charge in [-0.25, -0.2) is 9.97 Å². The average Bonchev–Trinajstić information content (AvgIpc) is 3.27. The van der Waals surface area contributed by atoms with Crippen molar-refractivity contribution in [1.29, 1.82) is 0 Å². The molecule has 4 rings (SSSR count). The highest BCUT2D eigenvalue weighted by atomic mass is 32.1. The Morgan fingerprint density at radius 3 is 2.92 bits per heavy atom. The van der Waals surface area contributed by atoms with Gasteiger partial charge in [-0.05, 0) is 43.8 Å². The Hall–Kier alpha value is -1.50. The Labute approximate surface area is 146 Å². The third-order valence-electron chi connectivity index (χ3n) is 5.10. The van der Waals surface area contributed by atoms with Crippen LogP contribution in [0.25, 0.3) is 0 Å². The van der Waals surface area contributed by atoms with E-state index in [1.165, 1.54) is 17.8 Å². The molecule has 2 aliphatic rings. The Morgan fingerprint density at radius 1 is 1.25 bits per heavy atom. The number of rotatable bonds is 5. The Morgan fingerprint density at radius 2 is 2.17 bits per heavy atom. The van der Waals surface area contributed by atoms with Gasteiger partial charge < -0.3 is 9.47 Å². The summed E-state index contributed by atoms with van der Waals surface area (Å²) in [7, 11) is 0. The third-order valence-corrected chi connectivity index (χ3v) is 5.86. The number of pyridine rings is 1. The number of thiazole rings is 1. The highest BCUT2D eigenvalue weighted by molar-refractivity contribution is 7.09. The normalized spacial score (nSPS) is 23.6. The van der Waals surface area contributed by atoms with Crippen LogP contribution in [0.5, 0.6) is 5.88 Å². The molecule has 24 heavy (non-hydrogen) atoms. The van der Waals surface area contributed by atoms with Crippen LogP contribution in [-0.2, 0) is 11.3 Å². The molecule has 0 N–H and O–H groups in total. The molecule has 0 unspecified atom stereocenters. The first-order valence-corrected chi connectivity index (χ1v) is 9.46. The molecule has 2 aromatic heterocycles. The van der Waals surface area contributed by atoms with Crippen molar-refractivity contribution < 1.29 is 9.47 Å². The van der Waals surface area contributed by atoms with Crippen molar-refractivity contribution in [2.24, 2.45) is 5.41 Å². The van der Waals surface area contributed by atoms with Crippen molar-refractivity contribution >= 4 is 11.3 Å². The van der Waals surface area contributed by atoms with Crippen LogP contribution in [0.2, 0.25) is 0 Å². The summed E-state index contributed by atoms with van der Waals surface area (Å²) in [5.41, 5.74) is 0.345. The maximum Gasteiger partial charge on any atom is 0.213 e. The second-order valence-corrected chi connectivity index (χ2v) is 7.80. The molecule has 0 amide bonds. The minimum Gasteiger partial charge on any atom is -0.475 e. The highest BCUT2D eigenvalue weighted by Crippen LogP contribution is 2.42. The average molecular weight is 345 g/mol. The molecule has 1 spiro atoms. The van der Waals surface area contributed by atoms with E-state index in [-0.39, 0.29) is 6.10 Å². The molecule has 6 heteroatoms. The molecule has 2 saturated heterocycles. The summed E-state index contributed by atoms with van der Waals surface area (Å²) in [5.74, 6) is 0.681. The van der Waals surface area contributed by atoms with Gasteiger partial charge in [-0.15, -0.1) is 11.3 Å². The van der Waals surface area contributed by atoms with E-state index in [1.807, 2.05) is 24.4 Å². The lowest BCUT2D eigenvalue weighted by Crippen LogP contribution is -2.40. The van der Waals surface area contributed by atoms with E-state index in [0.29, 0.717) is 17.9 Å². The monoisotopic (exact) mass is 345 g/mol. The van der Waals surface area contributed by atoms with Gasteiger partial charge in [-0.1, -0.05) is 6.07 Å². The zero-order chi connectivity index (χ0) is 16.2. The van der Waals surface area contributed by atoms with Gasteiger partial charge in [0.25, 0.3) is 0 Å². The zero-order valence-corrected chi connectivity index (χ0v) is 14.6. The molecule has 0 saturated carbocycles. The van der Waals surface area contributed by atoms with Crippen LogP contribution in [0.1, 0.15) is 24.3 Å². The van der Waals surface area contributed by atoms with Gasteiger partial charge in [0.05, 0.1) is 19.3 Å². The summed E-state index contributed by atoms with van der Waals surface area (Å²) in [6.45, 7) is 4.73. The first-order chi connectivity index (χ1) is 11.8. The fourth-order valence-electron chi connectivity index (χ4n) is 3.67. The molecule has 2 aromatic rings. The highest BCUT2D eigenvalue weighted by Gasteiger charge is 2.42. The molecule has 5 nitrogen and oxygen atoms in total. The van der Waals surface area contributed by atoms with E-state index in [2.05, 4.69) is 20.2 Å². The smallest absolute Gasteiger partial charge is 0.213 e. The van der Waals surface area contributed by atoms with Crippen molar-refractivity contribution in [2.45, 2.75) is 31.9 Å². The molecule has 4 heterocycles. The maximum absolute atomic E-state index is 6.03. The van der Waals surface area contributed by atoms with Crippen LogP contribution in [0.3, 0.4) is 0 Å². The van der Waals surface area contributed by atoms with Gasteiger partial charge >= 0.3 is 0 Å². The lowest BCUT2D eigenvalue weighted by atomic mass is 9.77. The van der Waals surface area contributed by atoms with E-state index in [1.54, 1.807) is 17.5 Å². The van der Waals surface area contributed by atoms with Crippen molar-refractivity contribution in [3.05, 3.63) is 41.0 Å². The topological polar surface area (TPSA) is 47.5 Å². The number of hydrogen-bond acceptors (Lipinski definition) is 6. The van der Waals surface area contributed by atoms with Crippen molar-refractivity contribution in [1.82, 2.24) is 14.9 Å². The quantitative estimate of drug-likeness (QED) is 0.834. The molecule has 2 aliphatic heterocycles. The molecule has 0 bridgehead atoms. The summed E-state index contributed by atoms with van der Waals surface area (Å²) < 4.78 is 11.8. The SMILES string of the molecule is c1ccc(OC[C@@H]2CC3(CCN(Cc4nccs4)CC3)CO2)nc1. The number of aromatic nitrogens is 2. The summed E-state index contributed by atoms with van der Waals surface area (Å²) in [6, 6.07) is 5.73. The van der Waals surface area contributed by atoms with E-state index in [4.69, 9.17) is 9.47 Å². The van der Waals surface area contributed by atoms with E-state index < -0.39 is 0 Å². The van der Waals surface area contributed by atoms with Crippen LogP contribution >= 0.6 is 11.3 Å². The molecule has 0 aliphatic carbocycles. The van der Waals surface area contributed by atoms with Crippen molar-refractivity contribution in [3.8, 4) is 5.88 Å². The van der Waals surface area contributed by atoms with E-state index in [0.717, 1.165) is 32.7 Å². The minimum atomic E-state index is 0.192. The van der Waals surface area contributed by atoms with Gasteiger partial charge in [-0.3, -0.25) is 4.90 Å². The van der Waals surface area contributed by atoms with Gasteiger partial charge in [-0.2, -0.15) is 0 Å². The predicted molar refractivity (Wildman–Crippen MR) is 93.1 cm³/mol. The minimum absolute atomic E-state index is 0.192. The molecular weight excluding hydrogens is 322 g/mol. The Kier molecular flexibility index (Phi) is 4.78. The van der Waals surface area contributed by atoms with Crippen LogP contribution in [0.4, 0.5) is 0 Å². The predicted octanol–water partition coefficient (Wildman–Crippen LogP) is 2.99. The number of nitrogens with zero attached hydrogens (tertiary/aromatic N) is 3. The van der Waals surface area contributed by atoms with E-state index >= 15 is 0 Å². The van der Waals surface area contributed by atoms with Crippen molar-refractivity contribution in [3.63, 3.8) is 0 Å². The van der Waals surface area contributed by atoms with Crippen LogP contribution in [0.15, 0.2) is 36.0 Å². The Balaban J connectivity index is 1.24. The summed E-state index contributed by atoms with van der Waals surface area (Å²) in [5, 5.41) is 3.27. The first-order valence-electron chi connectivity index (χ1n) is 8.58. The second kappa shape index (κ2) is 7.17. The van der Waals surface area contributed by atoms with Gasteiger partial charge in [0.2, 0.25) is 5.88 Å². The van der Waals surface area contributed by atoms with Gasteiger partial charge in [0, 0.05) is 23.8 Å². The molecule has 2 fully saturated rings. The summed E-state index contributed by atoms with van der Waals surface area (Å²) >= 11 is 1.75. The Bertz CT molecular complexity index is 627. The van der Waals surface area contributed by atoms with Gasteiger partial charge in [0.15, 0.2) is 0 Å². The lowest BCUT2D eigenvalue weighted by Gasteiger charge is -2.38. The molecule has 0 aromatic carbocycles. The molecular formula is C18H23N3O2S. The molecule has 128 valence electrons. The number of hydrogen-bond donors (Lipinski definition) is 0. The number of piperidine rings is 1. The summed E-state index contributed by atoms with van der Waals surface area (Å²) in [6.07, 6.45) is 7.35.